The first kappa shape index (κ1) is 23.4. The summed E-state index contributed by atoms with van der Waals surface area (Å²) in [6, 6.07) is 19.2. The molecule has 5 nitrogen and oxygen atoms in total. The first-order valence-corrected chi connectivity index (χ1v) is 12.3. The van der Waals surface area contributed by atoms with Crippen molar-refractivity contribution in [1.82, 2.24) is 14.9 Å². The average molecular weight is 503 g/mol. The highest BCUT2D eigenvalue weighted by Crippen LogP contribution is 2.46. The third-order valence-electron chi connectivity index (χ3n) is 6.55. The molecule has 0 bridgehead atoms. The minimum atomic E-state index is -0.243. The topological polar surface area (TPSA) is 53.3 Å². The lowest BCUT2D eigenvalue weighted by Crippen LogP contribution is -2.29. The molecule has 0 spiro atoms. The van der Waals surface area contributed by atoms with E-state index in [1.807, 2.05) is 23.1 Å². The first-order valence-electron chi connectivity index (χ1n) is 11.5. The van der Waals surface area contributed by atoms with Gasteiger partial charge in [0.05, 0.1) is 23.5 Å². The number of halogens is 1. The summed E-state index contributed by atoms with van der Waals surface area (Å²) in [6.45, 7) is 8.48. The molecule has 1 fully saturated rings. The molecule has 1 aliphatic heterocycles. The molecule has 1 saturated heterocycles. The van der Waals surface area contributed by atoms with Gasteiger partial charge >= 0.3 is 0 Å². The number of aromatic hydroxyl groups is 1. The fourth-order valence-corrected chi connectivity index (χ4v) is 5.69. The number of aryl methyl sites for hydroxylation is 3. The SMILES string of the molecule is Cc1cc(C)cc(-n2c(C)cc([C@@H]3[C@@H](c4ccccn4)NC(=S)N3c3cc(Cl)ccc3O)c2C)c1. The maximum Gasteiger partial charge on any atom is 0.174 e. The lowest BCUT2D eigenvalue weighted by molar-refractivity contribution is 0.472. The van der Waals surface area contributed by atoms with E-state index in [1.54, 1.807) is 24.4 Å². The molecule has 0 saturated carbocycles. The third kappa shape index (κ3) is 4.17. The molecule has 0 unspecified atom stereocenters. The van der Waals surface area contributed by atoms with Crippen molar-refractivity contribution in [3.63, 3.8) is 0 Å². The van der Waals surface area contributed by atoms with Crippen molar-refractivity contribution in [3.05, 3.63) is 106 Å². The average Bonchev–Trinajstić information content (AvgIpc) is 3.30. The van der Waals surface area contributed by atoms with E-state index >= 15 is 0 Å². The van der Waals surface area contributed by atoms with Gasteiger partial charge in [0.2, 0.25) is 0 Å². The zero-order valence-corrected chi connectivity index (χ0v) is 21.7. The van der Waals surface area contributed by atoms with Crippen LogP contribution in [-0.2, 0) is 0 Å². The minimum Gasteiger partial charge on any atom is -0.506 e. The monoisotopic (exact) mass is 502 g/mol. The van der Waals surface area contributed by atoms with Crippen molar-refractivity contribution in [2.45, 2.75) is 39.8 Å². The number of anilines is 1. The van der Waals surface area contributed by atoms with E-state index in [-0.39, 0.29) is 17.8 Å². The fraction of sp³-hybridized carbons (Fsp3) is 0.214. The predicted octanol–water partition coefficient (Wildman–Crippen LogP) is 6.64. The quantitative estimate of drug-likeness (QED) is 0.306. The summed E-state index contributed by atoms with van der Waals surface area (Å²) >= 11 is 12.2. The highest BCUT2D eigenvalue weighted by molar-refractivity contribution is 7.80. The molecule has 3 heterocycles. The van der Waals surface area contributed by atoms with Gasteiger partial charge in [-0.2, -0.15) is 0 Å². The van der Waals surface area contributed by atoms with Gasteiger partial charge in [0, 0.05) is 28.3 Å². The van der Waals surface area contributed by atoms with Gasteiger partial charge in [-0.15, -0.1) is 0 Å². The Hall–Kier alpha value is -3.35. The Labute approximate surface area is 216 Å². The molecule has 178 valence electrons. The van der Waals surface area contributed by atoms with Crippen LogP contribution in [0.2, 0.25) is 5.02 Å². The molecule has 2 N–H and O–H groups in total. The van der Waals surface area contributed by atoms with E-state index < -0.39 is 0 Å². The van der Waals surface area contributed by atoms with Crippen LogP contribution in [-0.4, -0.2) is 19.8 Å². The zero-order chi connectivity index (χ0) is 24.9. The number of nitrogens with one attached hydrogen (secondary N) is 1. The van der Waals surface area contributed by atoms with Gasteiger partial charge in [-0.05, 0) is 105 Å². The van der Waals surface area contributed by atoms with Crippen LogP contribution in [0, 0.1) is 27.7 Å². The minimum absolute atomic E-state index is 0.119. The summed E-state index contributed by atoms with van der Waals surface area (Å²) in [5, 5.41) is 15.3. The molecule has 0 aliphatic carbocycles. The van der Waals surface area contributed by atoms with E-state index in [9.17, 15) is 5.11 Å². The van der Waals surface area contributed by atoms with E-state index in [0.29, 0.717) is 15.8 Å². The normalized spacial score (nSPS) is 17.6. The number of benzene rings is 2. The molecule has 0 amide bonds. The Morgan fingerprint density at radius 1 is 0.971 bits per heavy atom. The third-order valence-corrected chi connectivity index (χ3v) is 7.10. The number of nitrogens with zero attached hydrogens (tertiary/aromatic N) is 3. The second kappa shape index (κ2) is 9.02. The van der Waals surface area contributed by atoms with Crippen LogP contribution in [0.3, 0.4) is 0 Å². The number of rotatable bonds is 4. The molecule has 0 radical (unpaired) electrons. The number of thiocarbonyl (C=S) groups is 1. The van der Waals surface area contributed by atoms with E-state index in [2.05, 4.69) is 66.8 Å². The molecule has 1 aliphatic rings. The lowest BCUT2D eigenvalue weighted by atomic mass is 9.96. The fourth-order valence-electron chi connectivity index (χ4n) is 5.18. The van der Waals surface area contributed by atoms with Crippen molar-refractivity contribution in [3.8, 4) is 11.4 Å². The van der Waals surface area contributed by atoms with Gasteiger partial charge in [0.25, 0.3) is 0 Å². The van der Waals surface area contributed by atoms with Gasteiger partial charge in [0.1, 0.15) is 5.75 Å². The molecule has 4 aromatic rings. The van der Waals surface area contributed by atoms with Crippen molar-refractivity contribution in [1.29, 1.82) is 0 Å². The Kier molecular flexibility index (Phi) is 6.03. The number of phenolic OH excluding ortho intramolecular Hbond substituents is 1. The lowest BCUT2D eigenvalue weighted by Gasteiger charge is -2.28. The Morgan fingerprint density at radius 3 is 2.40 bits per heavy atom. The molecule has 7 heteroatoms. The van der Waals surface area contributed by atoms with Crippen molar-refractivity contribution in [2.24, 2.45) is 0 Å². The van der Waals surface area contributed by atoms with Crippen LogP contribution in [0.1, 0.15) is 45.9 Å². The number of hydrogen-bond donors (Lipinski definition) is 2. The van der Waals surface area contributed by atoms with E-state index in [4.69, 9.17) is 23.8 Å². The second-order valence-electron chi connectivity index (χ2n) is 9.14. The second-order valence-corrected chi connectivity index (χ2v) is 9.96. The maximum atomic E-state index is 10.8. The molecular weight excluding hydrogens is 476 g/mol. The summed E-state index contributed by atoms with van der Waals surface area (Å²) in [4.78, 5) is 6.60. The van der Waals surface area contributed by atoms with Gasteiger partial charge < -0.3 is 19.9 Å². The highest BCUT2D eigenvalue weighted by Gasteiger charge is 2.43. The smallest absolute Gasteiger partial charge is 0.174 e. The van der Waals surface area contributed by atoms with Gasteiger partial charge in [0.15, 0.2) is 5.11 Å². The largest absolute Gasteiger partial charge is 0.506 e. The summed E-state index contributed by atoms with van der Waals surface area (Å²) < 4.78 is 2.28. The molecule has 2 aromatic heterocycles. The Bertz CT molecular complexity index is 1410. The van der Waals surface area contributed by atoms with Crippen LogP contribution < -0.4 is 10.2 Å². The number of aromatic nitrogens is 2. The number of phenols is 1. The van der Waals surface area contributed by atoms with Crippen LogP contribution in [0.5, 0.6) is 5.75 Å². The summed E-state index contributed by atoms with van der Waals surface area (Å²) in [6.07, 6.45) is 1.79. The summed E-state index contributed by atoms with van der Waals surface area (Å²) in [5.74, 6) is 0.119. The number of pyridine rings is 1. The standard InChI is InChI=1S/C28H27ClN4OS/c1-16-11-17(2)13-21(12-16)32-18(3)14-22(19(32)4)27-26(23-7-5-6-10-30-23)31-28(35)33(27)24-15-20(29)8-9-25(24)34/h5-15,26-27,34H,1-4H3,(H,31,35)/t26-,27-/m1/s1. The first-order chi connectivity index (χ1) is 16.7. The Morgan fingerprint density at radius 2 is 1.71 bits per heavy atom. The zero-order valence-electron chi connectivity index (χ0n) is 20.1. The highest BCUT2D eigenvalue weighted by atomic mass is 35.5. The van der Waals surface area contributed by atoms with Crippen LogP contribution in [0.4, 0.5) is 5.69 Å². The van der Waals surface area contributed by atoms with Crippen molar-refractivity contribution in [2.75, 3.05) is 4.90 Å². The van der Waals surface area contributed by atoms with Crippen molar-refractivity contribution < 1.29 is 5.11 Å². The van der Waals surface area contributed by atoms with Gasteiger partial charge in [-0.3, -0.25) is 4.98 Å². The van der Waals surface area contributed by atoms with Crippen molar-refractivity contribution >= 4 is 34.6 Å². The molecular formula is C28H27ClN4OS. The Balaban J connectivity index is 1.72. The molecule has 2 aromatic carbocycles. The predicted molar refractivity (Wildman–Crippen MR) is 146 cm³/mol. The maximum absolute atomic E-state index is 10.8. The van der Waals surface area contributed by atoms with Crippen LogP contribution in [0.25, 0.3) is 5.69 Å². The summed E-state index contributed by atoms with van der Waals surface area (Å²) in [7, 11) is 0. The molecule has 2 atom stereocenters. The van der Waals surface area contributed by atoms with E-state index in [1.165, 1.54) is 11.1 Å². The van der Waals surface area contributed by atoms with Gasteiger partial charge in [-0.1, -0.05) is 23.7 Å². The molecule has 5 rings (SSSR count). The molecule has 35 heavy (non-hydrogen) atoms. The van der Waals surface area contributed by atoms with Gasteiger partial charge in [-0.25, -0.2) is 0 Å². The summed E-state index contributed by atoms with van der Waals surface area (Å²) in [5.41, 5.74) is 8.33. The van der Waals surface area contributed by atoms with Crippen LogP contribution >= 0.6 is 23.8 Å². The number of hydrogen-bond acceptors (Lipinski definition) is 3. The van der Waals surface area contributed by atoms with E-state index in [0.717, 1.165) is 28.3 Å². The van der Waals surface area contributed by atoms with Crippen LogP contribution in [0.15, 0.2) is 66.9 Å².